The third-order valence-corrected chi connectivity index (χ3v) is 4.23. The van der Waals surface area contributed by atoms with E-state index in [0.717, 1.165) is 24.8 Å². The number of rotatable bonds is 7. The van der Waals surface area contributed by atoms with Crippen molar-refractivity contribution in [3.8, 4) is 0 Å². The minimum Gasteiger partial charge on any atom is -0.395 e. The van der Waals surface area contributed by atoms with E-state index in [1.165, 1.54) is 11.1 Å². The molecule has 0 spiro atoms. The van der Waals surface area contributed by atoms with E-state index in [9.17, 15) is 10.2 Å². The van der Waals surface area contributed by atoms with Gasteiger partial charge in [0.25, 0.3) is 0 Å². The minimum atomic E-state index is -0.539. The van der Waals surface area contributed by atoms with Gasteiger partial charge in [-0.2, -0.15) is 0 Å². The lowest BCUT2D eigenvalue weighted by Crippen LogP contribution is -2.35. The summed E-state index contributed by atoms with van der Waals surface area (Å²) in [5.74, 6) is 0. The van der Waals surface area contributed by atoms with Crippen molar-refractivity contribution in [2.75, 3.05) is 13.2 Å². The molecule has 0 unspecified atom stereocenters. The molecule has 2 aromatic carbocycles. The van der Waals surface area contributed by atoms with Crippen molar-refractivity contribution in [3.05, 3.63) is 71.3 Å². The molecule has 0 heterocycles. The lowest BCUT2D eigenvalue weighted by molar-refractivity contribution is 0.108. The van der Waals surface area contributed by atoms with Crippen LogP contribution in [0.2, 0.25) is 0 Å². The smallest absolute Gasteiger partial charge is 0.0550 e. The van der Waals surface area contributed by atoms with Gasteiger partial charge >= 0.3 is 0 Å². The van der Waals surface area contributed by atoms with Crippen LogP contribution in [0.25, 0.3) is 0 Å². The Labute approximate surface area is 127 Å². The molecule has 2 aromatic rings. The first kappa shape index (κ1) is 15.7. The quantitative estimate of drug-likeness (QED) is 0.819. The van der Waals surface area contributed by atoms with Crippen molar-refractivity contribution < 1.29 is 10.2 Å². The van der Waals surface area contributed by atoms with E-state index in [1.807, 2.05) is 49.4 Å². The number of hydrogen-bond acceptors (Lipinski definition) is 2. The fourth-order valence-corrected chi connectivity index (χ4v) is 2.72. The maximum Gasteiger partial charge on any atom is 0.0550 e. The van der Waals surface area contributed by atoms with E-state index in [4.69, 9.17) is 0 Å². The van der Waals surface area contributed by atoms with E-state index in [2.05, 4.69) is 12.1 Å². The molecule has 0 bridgehead atoms. The summed E-state index contributed by atoms with van der Waals surface area (Å²) in [6.07, 6.45) is 2.69. The summed E-state index contributed by atoms with van der Waals surface area (Å²) in [4.78, 5) is 0. The predicted octanol–water partition coefficient (Wildman–Crippen LogP) is 3.24. The lowest BCUT2D eigenvalue weighted by atomic mass is 9.77. The molecule has 112 valence electrons. The Morgan fingerprint density at radius 3 is 2.05 bits per heavy atom. The van der Waals surface area contributed by atoms with Gasteiger partial charge in [0.2, 0.25) is 0 Å². The molecule has 0 aliphatic carbocycles. The van der Waals surface area contributed by atoms with Crippen molar-refractivity contribution in [1.29, 1.82) is 0 Å². The molecule has 0 radical (unpaired) electrons. The third kappa shape index (κ3) is 3.93. The molecule has 0 saturated carbocycles. The monoisotopic (exact) mass is 284 g/mol. The van der Waals surface area contributed by atoms with Gasteiger partial charge in [0.1, 0.15) is 0 Å². The normalized spacial score (nSPS) is 11.6. The number of benzene rings is 2. The summed E-state index contributed by atoms with van der Waals surface area (Å²) >= 11 is 0. The highest BCUT2D eigenvalue weighted by molar-refractivity contribution is 5.29. The number of aliphatic hydroxyl groups is 2. The van der Waals surface area contributed by atoms with Crippen LogP contribution in [0.4, 0.5) is 0 Å². The van der Waals surface area contributed by atoms with Crippen molar-refractivity contribution >= 4 is 0 Å². The fraction of sp³-hybridized carbons (Fsp3) is 0.368. The van der Waals surface area contributed by atoms with Crippen LogP contribution in [-0.2, 0) is 11.8 Å². The zero-order valence-corrected chi connectivity index (χ0v) is 12.6. The van der Waals surface area contributed by atoms with Crippen LogP contribution in [0.3, 0.4) is 0 Å². The van der Waals surface area contributed by atoms with Crippen LogP contribution in [0.5, 0.6) is 0 Å². The minimum absolute atomic E-state index is 0.0264. The van der Waals surface area contributed by atoms with Crippen molar-refractivity contribution in [3.63, 3.8) is 0 Å². The van der Waals surface area contributed by atoms with Gasteiger partial charge in [-0.15, -0.1) is 0 Å². The first-order valence-corrected chi connectivity index (χ1v) is 7.53. The molecule has 0 aliphatic heterocycles. The molecule has 0 aromatic heterocycles. The van der Waals surface area contributed by atoms with Gasteiger partial charge in [-0.1, -0.05) is 60.2 Å². The van der Waals surface area contributed by atoms with E-state index in [0.29, 0.717) is 0 Å². The molecular weight excluding hydrogens is 260 g/mol. The van der Waals surface area contributed by atoms with Gasteiger partial charge in [-0.25, -0.2) is 0 Å². The van der Waals surface area contributed by atoms with Crippen LogP contribution in [-0.4, -0.2) is 23.4 Å². The lowest BCUT2D eigenvalue weighted by Gasteiger charge is -2.30. The zero-order chi connectivity index (χ0) is 15.1. The Bertz CT molecular complexity index is 527. The molecule has 0 amide bonds. The van der Waals surface area contributed by atoms with E-state index < -0.39 is 5.41 Å². The molecular formula is C19H24O2. The summed E-state index contributed by atoms with van der Waals surface area (Å²) in [6, 6.07) is 18.4. The van der Waals surface area contributed by atoms with Gasteiger partial charge in [-0.05, 0) is 37.3 Å². The van der Waals surface area contributed by atoms with Crippen molar-refractivity contribution in [2.45, 2.75) is 31.6 Å². The van der Waals surface area contributed by atoms with Gasteiger partial charge in [-0.3, -0.25) is 0 Å². The highest BCUT2D eigenvalue weighted by atomic mass is 16.3. The maximum atomic E-state index is 9.84. The standard InChI is InChI=1S/C19H24O2/c1-16-9-11-18(12-10-16)19(14-20,15-21)13-5-8-17-6-3-2-4-7-17/h2-4,6-7,9-12,20-21H,5,8,13-15H2,1H3. The second-order valence-electron chi connectivity index (χ2n) is 5.80. The number of aliphatic hydroxyl groups excluding tert-OH is 2. The first-order valence-electron chi connectivity index (χ1n) is 7.53. The maximum absolute atomic E-state index is 9.84. The topological polar surface area (TPSA) is 40.5 Å². The van der Waals surface area contributed by atoms with Gasteiger partial charge in [0.15, 0.2) is 0 Å². The van der Waals surface area contributed by atoms with Crippen LogP contribution < -0.4 is 0 Å². The first-order chi connectivity index (χ1) is 10.2. The average Bonchev–Trinajstić information content (AvgIpc) is 2.54. The van der Waals surface area contributed by atoms with Crippen LogP contribution in [0, 0.1) is 6.92 Å². The van der Waals surface area contributed by atoms with Crippen LogP contribution >= 0.6 is 0 Å². The summed E-state index contributed by atoms with van der Waals surface area (Å²) < 4.78 is 0. The van der Waals surface area contributed by atoms with Crippen LogP contribution in [0.1, 0.15) is 29.5 Å². The van der Waals surface area contributed by atoms with E-state index >= 15 is 0 Å². The molecule has 0 aliphatic rings. The highest BCUT2D eigenvalue weighted by Crippen LogP contribution is 2.29. The van der Waals surface area contributed by atoms with E-state index in [-0.39, 0.29) is 13.2 Å². The van der Waals surface area contributed by atoms with Crippen molar-refractivity contribution in [1.82, 2.24) is 0 Å². The molecule has 0 atom stereocenters. The van der Waals surface area contributed by atoms with E-state index in [1.54, 1.807) is 0 Å². The molecule has 0 saturated heterocycles. The molecule has 2 heteroatoms. The Kier molecular flexibility index (Phi) is 5.54. The molecule has 21 heavy (non-hydrogen) atoms. The summed E-state index contributed by atoms with van der Waals surface area (Å²) in [6.45, 7) is 1.99. The number of aryl methyl sites for hydroxylation is 2. The second-order valence-corrected chi connectivity index (χ2v) is 5.80. The Hall–Kier alpha value is -1.64. The fourth-order valence-electron chi connectivity index (χ4n) is 2.72. The van der Waals surface area contributed by atoms with Gasteiger partial charge in [0, 0.05) is 5.41 Å². The van der Waals surface area contributed by atoms with Crippen LogP contribution in [0.15, 0.2) is 54.6 Å². The molecule has 2 rings (SSSR count). The SMILES string of the molecule is Cc1ccc(C(CO)(CO)CCCc2ccccc2)cc1. The Morgan fingerprint density at radius 1 is 0.857 bits per heavy atom. The Balaban J connectivity index is 2.06. The number of hydrogen-bond donors (Lipinski definition) is 2. The van der Waals surface area contributed by atoms with Crippen molar-refractivity contribution in [2.24, 2.45) is 0 Å². The average molecular weight is 284 g/mol. The highest BCUT2D eigenvalue weighted by Gasteiger charge is 2.30. The largest absolute Gasteiger partial charge is 0.395 e. The summed E-state index contributed by atoms with van der Waals surface area (Å²) in [7, 11) is 0. The molecule has 0 fully saturated rings. The summed E-state index contributed by atoms with van der Waals surface area (Å²) in [5.41, 5.74) is 2.97. The molecule has 2 nitrogen and oxygen atoms in total. The predicted molar refractivity (Wildman–Crippen MR) is 86.4 cm³/mol. The Morgan fingerprint density at radius 2 is 1.48 bits per heavy atom. The zero-order valence-electron chi connectivity index (χ0n) is 12.6. The summed E-state index contributed by atoms with van der Waals surface area (Å²) in [5, 5.41) is 19.7. The third-order valence-electron chi connectivity index (χ3n) is 4.23. The van der Waals surface area contributed by atoms with Gasteiger partial charge < -0.3 is 10.2 Å². The second kappa shape index (κ2) is 7.39. The van der Waals surface area contributed by atoms with Gasteiger partial charge in [0.05, 0.1) is 13.2 Å². The molecule has 2 N–H and O–H groups in total.